The molecule has 27 heavy (non-hydrogen) atoms. The Bertz CT molecular complexity index is 629. The van der Waals surface area contributed by atoms with Gasteiger partial charge in [0, 0.05) is 10.8 Å². The van der Waals surface area contributed by atoms with Crippen molar-refractivity contribution in [1.29, 1.82) is 0 Å². The second-order valence-electron chi connectivity index (χ2n) is 8.64. The van der Waals surface area contributed by atoms with Crippen molar-refractivity contribution < 1.29 is 19.1 Å². The molecule has 0 atom stereocenters. The molecule has 1 aromatic carbocycles. The lowest BCUT2D eigenvalue weighted by Gasteiger charge is -2.28. The summed E-state index contributed by atoms with van der Waals surface area (Å²) in [4.78, 5) is 25.0. The molecule has 0 bridgehead atoms. The van der Waals surface area contributed by atoms with Crippen LogP contribution in [0.25, 0.3) is 0 Å². The molecule has 0 spiro atoms. The molecule has 1 aromatic rings. The van der Waals surface area contributed by atoms with Crippen LogP contribution >= 0.6 is 0 Å². The summed E-state index contributed by atoms with van der Waals surface area (Å²) in [5.41, 5.74) is -0.455. The molecule has 0 aliphatic heterocycles. The molecule has 0 radical (unpaired) electrons. The van der Waals surface area contributed by atoms with Gasteiger partial charge in [0.1, 0.15) is 6.17 Å². The second kappa shape index (κ2) is 9.11. The number of carbonyl (C=O) groups excluding carboxylic acids is 2. The van der Waals surface area contributed by atoms with Crippen molar-refractivity contribution in [2.24, 2.45) is 10.8 Å². The van der Waals surface area contributed by atoms with Gasteiger partial charge >= 0.3 is 0 Å². The van der Waals surface area contributed by atoms with E-state index < -0.39 is 17.0 Å². The highest BCUT2D eigenvalue weighted by molar-refractivity contribution is 5.84. The van der Waals surface area contributed by atoms with Gasteiger partial charge in [0.25, 0.3) is 0 Å². The van der Waals surface area contributed by atoms with E-state index in [4.69, 9.17) is 9.47 Å². The number of benzene rings is 1. The molecule has 0 aliphatic rings. The first-order valence-electron chi connectivity index (χ1n) is 9.32. The molecule has 0 heterocycles. The third-order valence-electron chi connectivity index (χ3n) is 3.90. The Labute approximate surface area is 163 Å². The normalized spacial score (nSPS) is 11.9. The third-order valence-corrected chi connectivity index (χ3v) is 3.90. The molecule has 0 fully saturated rings. The van der Waals surface area contributed by atoms with Gasteiger partial charge in [-0.3, -0.25) is 9.59 Å². The van der Waals surface area contributed by atoms with Crippen LogP contribution in [-0.2, 0) is 9.59 Å². The summed E-state index contributed by atoms with van der Waals surface area (Å²) in [6.07, 6.45) is 0.217. The Morgan fingerprint density at radius 2 is 1.48 bits per heavy atom. The quantitative estimate of drug-likeness (QED) is 0.708. The van der Waals surface area contributed by atoms with Crippen molar-refractivity contribution in [3.63, 3.8) is 0 Å². The van der Waals surface area contributed by atoms with E-state index in [1.165, 1.54) is 0 Å². The molecule has 2 N–H and O–H groups in total. The summed E-state index contributed by atoms with van der Waals surface area (Å²) in [5, 5.41) is 5.85. The summed E-state index contributed by atoms with van der Waals surface area (Å²) in [6.45, 7) is 13.6. The molecular weight excluding hydrogens is 344 g/mol. The topological polar surface area (TPSA) is 76.7 Å². The van der Waals surface area contributed by atoms with Crippen molar-refractivity contribution >= 4 is 11.8 Å². The van der Waals surface area contributed by atoms with E-state index in [-0.39, 0.29) is 11.8 Å². The fraction of sp³-hybridized carbons (Fsp3) is 0.619. The highest BCUT2D eigenvalue weighted by Gasteiger charge is 2.29. The minimum absolute atomic E-state index is 0.160. The summed E-state index contributed by atoms with van der Waals surface area (Å²) in [5.74, 6) is 0.867. The summed E-state index contributed by atoms with van der Waals surface area (Å²) < 4.78 is 11.1. The van der Waals surface area contributed by atoms with Gasteiger partial charge in [-0.2, -0.15) is 0 Å². The van der Waals surface area contributed by atoms with Crippen molar-refractivity contribution in [2.75, 3.05) is 13.7 Å². The monoisotopic (exact) mass is 378 g/mol. The van der Waals surface area contributed by atoms with Gasteiger partial charge in [-0.25, -0.2) is 0 Å². The van der Waals surface area contributed by atoms with E-state index in [0.29, 0.717) is 23.7 Å². The number of hydrogen-bond acceptors (Lipinski definition) is 4. The first-order valence-corrected chi connectivity index (χ1v) is 9.32. The van der Waals surface area contributed by atoms with E-state index in [0.717, 1.165) is 6.42 Å². The van der Waals surface area contributed by atoms with Gasteiger partial charge in [-0.05, 0) is 24.1 Å². The SMILES string of the molecule is CCCOc1ccc(C(NC(=O)C(C)(C)C)NC(=O)C(C)(C)C)cc1OC. The smallest absolute Gasteiger partial charge is 0.227 e. The number of ether oxygens (including phenoxy) is 2. The highest BCUT2D eigenvalue weighted by atomic mass is 16.5. The molecule has 0 aromatic heterocycles. The predicted octanol–water partition coefficient (Wildman–Crippen LogP) is 3.81. The average molecular weight is 379 g/mol. The summed E-state index contributed by atoms with van der Waals surface area (Å²) >= 11 is 0. The molecule has 0 aliphatic carbocycles. The van der Waals surface area contributed by atoms with Gasteiger partial charge in [-0.1, -0.05) is 54.5 Å². The van der Waals surface area contributed by atoms with Crippen LogP contribution in [0.5, 0.6) is 11.5 Å². The molecule has 1 rings (SSSR count). The van der Waals surface area contributed by atoms with Gasteiger partial charge < -0.3 is 20.1 Å². The zero-order valence-electron chi connectivity index (χ0n) is 17.9. The van der Waals surface area contributed by atoms with Crippen molar-refractivity contribution in [3.8, 4) is 11.5 Å². The Balaban J connectivity index is 3.21. The number of amides is 2. The lowest BCUT2D eigenvalue weighted by Crippen LogP contribution is -2.47. The van der Waals surface area contributed by atoms with Crippen LogP contribution in [-0.4, -0.2) is 25.5 Å². The molecule has 6 heteroatoms. The fourth-order valence-corrected chi connectivity index (χ4v) is 2.09. The minimum atomic E-state index is -0.669. The van der Waals surface area contributed by atoms with Crippen molar-refractivity contribution in [2.45, 2.75) is 61.1 Å². The van der Waals surface area contributed by atoms with Crippen LogP contribution in [0.1, 0.15) is 66.6 Å². The highest BCUT2D eigenvalue weighted by Crippen LogP contribution is 2.31. The van der Waals surface area contributed by atoms with Crippen molar-refractivity contribution in [3.05, 3.63) is 23.8 Å². The van der Waals surface area contributed by atoms with Crippen LogP contribution in [0, 0.1) is 10.8 Å². The van der Waals surface area contributed by atoms with Gasteiger partial charge in [-0.15, -0.1) is 0 Å². The van der Waals surface area contributed by atoms with Gasteiger partial charge in [0.15, 0.2) is 11.5 Å². The number of methoxy groups -OCH3 is 1. The van der Waals surface area contributed by atoms with Crippen LogP contribution in [0.3, 0.4) is 0 Å². The molecule has 6 nitrogen and oxygen atoms in total. The van der Waals surface area contributed by atoms with Crippen molar-refractivity contribution in [1.82, 2.24) is 10.6 Å². The number of hydrogen-bond donors (Lipinski definition) is 2. The van der Waals surface area contributed by atoms with E-state index in [2.05, 4.69) is 10.6 Å². The minimum Gasteiger partial charge on any atom is -0.493 e. The Kier molecular flexibility index (Phi) is 7.69. The Morgan fingerprint density at radius 1 is 0.963 bits per heavy atom. The Morgan fingerprint density at radius 3 is 1.89 bits per heavy atom. The van der Waals surface area contributed by atoms with Crippen LogP contribution in [0.2, 0.25) is 0 Å². The number of carbonyl (C=O) groups is 2. The zero-order chi connectivity index (χ0) is 20.8. The molecule has 152 valence electrons. The maximum Gasteiger partial charge on any atom is 0.227 e. The fourth-order valence-electron chi connectivity index (χ4n) is 2.09. The first kappa shape index (κ1) is 22.8. The van der Waals surface area contributed by atoms with E-state index in [1.807, 2.05) is 54.5 Å². The van der Waals surface area contributed by atoms with Crippen LogP contribution in [0.15, 0.2) is 18.2 Å². The Hall–Kier alpha value is -2.24. The van der Waals surface area contributed by atoms with Crippen LogP contribution in [0.4, 0.5) is 0 Å². The maximum atomic E-state index is 12.5. The molecule has 0 saturated carbocycles. The molecule has 0 unspecified atom stereocenters. The summed E-state index contributed by atoms with van der Waals surface area (Å²) in [6, 6.07) is 5.40. The average Bonchev–Trinajstić information content (AvgIpc) is 2.57. The first-order chi connectivity index (χ1) is 12.4. The standard InChI is InChI=1S/C21H34N2O4/c1-9-12-27-15-11-10-14(13-16(15)26-8)17(22-18(24)20(2,3)4)23-19(25)21(5,6)7/h10-11,13,17H,9,12H2,1-8H3,(H,22,24)(H,23,25). The predicted molar refractivity (Wildman–Crippen MR) is 107 cm³/mol. The van der Waals surface area contributed by atoms with E-state index in [1.54, 1.807) is 19.2 Å². The molecule has 2 amide bonds. The van der Waals surface area contributed by atoms with Gasteiger partial charge in [0.2, 0.25) is 11.8 Å². The summed E-state index contributed by atoms with van der Waals surface area (Å²) in [7, 11) is 1.56. The number of nitrogens with one attached hydrogen (secondary N) is 2. The van der Waals surface area contributed by atoms with E-state index in [9.17, 15) is 9.59 Å². The lowest BCUT2D eigenvalue weighted by atomic mass is 9.94. The third kappa shape index (κ3) is 6.77. The largest absolute Gasteiger partial charge is 0.493 e. The van der Waals surface area contributed by atoms with Gasteiger partial charge in [0.05, 0.1) is 13.7 Å². The maximum absolute atomic E-state index is 12.5. The zero-order valence-corrected chi connectivity index (χ0v) is 17.9. The number of rotatable bonds is 7. The molecular formula is C21H34N2O4. The molecule has 0 saturated heterocycles. The van der Waals surface area contributed by atoms with E-state index >= 15 is 0 Å². The lowest BCUT2D eigenvalue weighted by molar-refractivity contribution is -0.132. The van der Waals surface area contributed by atoms with Crippen LogP contribution < -0.4 is 20.1 Å². The second-order valence-corrected chi connectivity index (χ2v) is 8.64.